The summed E-state index contributed by atoms with van der Waals surface area (Å²) in [5.74, 6) is 1.07. The van der Waals surface area contributed by atoms with Gasteiger partial charge in [0.25, 0.3) is 5.91 Å². The Morgan fingerprint density at radius 2 is 2.04 bits per heavy atom. The Hall–Kier alpha value is -3.09. The highest BCUT2D eigenvalue weighted by atomic mass is 16.5. The molecule has 0 unspecified atom stereocenters. The molecule has 0 atom stereocenters. The summed E-state index contributed by atoms with van der Waals surface area (Å²) < 4.78 is 12.4. The Bertz CT molecular complexity index is 904. The van der Waals surface area contributed by atoms with Gasteiger partial charge in [-0.2, -0.15) is 0 Å². The molecule has 0 aliphatic rings. The van der Waals surface area contributed by atoms with E-state index in [1.807, 2.05) is 31.2 Å². The molecule has 1 amide bonds. The number of para-hydroxylation sites is 1. The van der Waals surface area contributed by atoms with Gasteiger partial charge in [-0.15, -0.1) is 5.10 Å². The van der Waals surface area contributed by atoms with Crippen LogP contribution in [-0.4, -0.2) is 35.1 Å². The van der Waals surface area contributed by atoms with Gasteiger partial charge in [-0.25, -0.2) is 4.68 Å². The monoisotopic (exact) mass is 340 g/mol. The van der Waals surface area contributed by atoms with Crippen molar-refractivity contribution < 1.29 is 14.3 Å². The lowest BCUT2D eigenvalue weighted by molar-refractivity contribution is 0.0950. The Labute approximate surface area is 145 Å². The zero-order valence-corrected chi connectivity index (χ0v) is 14.4. The molecule has 3 rings (SSSR count). The van der Waals surface area contributed by atoms with Crippen LogP contribution in [0.5, 0.6) is 11.5 Å². The van der Waals surface area contributed by atoms with Gasteiger partial charge in [-0.1, -0.05) is 17.3 Å². The van der Waals surface area contributed by atoms with E-state index < -0.39 is 0 Å². The first-order valence-electron chi connectivity index (χ1n) is 7.99. The van der Waals surface area contributed by atoms with E-state index in [0.717, 1.165) is 17.6 Å². The number of hydrogen-bond donors (Lipinski definition) is 1. The molecule has 0 aliphatic carbocycles. The standard InChI is InChI=1S/C18H20N4O3/c1-4-22-15-9-8-12(10-14(15)20-21-22)18(23)19-11-13-6-5-7-16(24-2)17(13)25-3/h5-10H,4,11H2,1-3H3,(H,19,23). The summed E-state index contributed by atoms with van der Waals surface area (Å²) >= 11 is 0. The molecule has 3 aromatic rings. The number of nitrogens with one attached hydrogen (secondary N) is 1. The Morgan fingerprint density at radius 1 is 1.20 bits per heavy atom. The number of aromatic nitrogens is 3. The number of hydrogen-bond acceptors (Lipinski definition) is 5. The lowest BCUT2D eigenvalue weighted by Gasteiger charge is -2.13. The van der Waals surface area contributed by atoms with Gasteiger partial charge in [0.1, 0.15) is 5.52 Å². The minimum absolute atomic E-state index is 0.183. The minimum Gasteiger partial charge on any atom is -0.493 e. The van der Waals surface area contributed by atoms with Crippen molar-refractivity contribution in [1.82, 2.24) is 20.3 Å². The maximum Gasteiger partial charge on any atom is 0.251 e. The molecule has 0 radical (unpaired) electrons. The number of carbonyl (C=O) groups excluding carboxylic acids is 1. The fourth-order valence-electron chi connectivity index (χ4n) is 2.72. The molecule has 25 heavy (non-hydrogen) atoms. The molecular weight excluding hydrogens is 320 g/mol. The van der Waals surface area contributed by atoms with Gasteiger partial charge >= 0.3 is 0 Å². The highest BCUT2D eigenvalue weighted by Gasteiger charge is 2.13. The number of aryl methyl sites for hydroxylation is 1. The highest BCUT2D eigenvalue weighted by molar-refractivity contribution is 5.97. The summed E-state index contributed by atoms with van der Waals surface area (Å²) in [4.78, 5) is 12.5. The summed E-state index contributed by atoms with van der Waals surface area (Å²) in [6, 6.07) is 10.9. The van der Waals surface area contributed by atoms with Gasteiger partial charge in [0.05, 0.1) is 19.7 Å². The van der Waals surface area contributed by atoms with Gasteiger partial charge in [-0.3, -0.25) is 4.79 Å². The molecule has 7 nitrogen and oxygen atoms in total. The topological polar surface area (TPSA) is 78.3 Å². The van der Waals surface area contributed by atoms with E-state index in [0.29, 0.717) is 29.1 Å². The van der Waals surface area contributed by atoms with Crippen LogP contribution in [0.3, 0.4) is 0 Å². The molecule has 1 heterocycles. The lowest BCUT2D eigenvalue weighted by atomic mass is 10.1. The molecule has 130 valence electrons. The first-order valence-corrected chi connectivity index (χ1v) is 7.99. The Kier molecular flexibility index (Phi) is 4.83. The highest BCUT2D eigenvalue weighted by Crippen LogP contribution is 2.30. The number of fused-ring (bicyclic) bond motifs is 1. The van der Waals surface area contributed by atoms with Crippen molar-refractivity contribution in [2.24, 2.45) is 0 Å². The van der Waals surface area contributed by atoms with Crippen LogP contribution in [0, 0.1) is 0 Å². The predicted octanol–water partition coefficient (Wildman–Crippen LogP) is 2.40. The first-order chi connectivity index (χ1) is 12.2. The zero-order chi connectivity index (χ0) is 17.8. The van der Waals surface area contributed by atoms with E-state index in [1.165, 1.54) is 0 Å². The summed E-state index contributed by atoms with van der Waals surface area (Å²) in [7, 11) is 3.16. The second-order valence-electron chi connectivity index (χ2n) is 5.44. The van der Waals surface area contributed by atoms with Crippen molar-refractivity contribution in [1.29, 1.82) is 0 Å². The van der Waals surface area contributed by atoms with Gasteiger partial charge in [0.2, 0.25) is 0 Å². The third kappa shape index (κ3) is 3.26. The SMILES string of the molecule is CCn1nnc2cc(C(=O)NCc3cccc(OC)c3OC)ccc21. The van der Waals surface area contributed by atoms with Crippen LogP contribution in [-0.2, 0) is 13.1 Å². The van der Waals surface area contributed by atoms with Crippen LogP contribution in [0.15, 0.2) is 36.4 Å². The van der Waals surface area contributed by atoms with Crippen LogP contribution >= 0.6 is 0 Å². The quantitative estimate of drug-likeness (QED) is 0.745. The van der Waals surface area contributed by atoms with Crippen molar-refractivity contribution in [3.63, 3.8) is 0 Å². The Morgan fingerprint density at radius 3 is 2.76 bits per heavy atom. The van der Waals surface area contributed by atoms with E-state index in [1.54, 1.807) is 31.0 Å². The molecule has 0 aliphatic heterocycles. The summed E-state index contributed by atoms with van der Waals surface area (Å²) in [6.07, 6.45) is 0. The summed E-state index contributed by atoms with van der Waals surface area (Å²) in [5.41, 5.74) is 2.99. The number of benzene rings is 2. The number of amides is 1. The molecule has 0 fully saturated rings. The van der Waals surface area contributed by atoms with Crippen molar-refractivity contribution in [3.05, 3.63) is 47.5 Å². The number of nitrogens with zero attached hydrogens (tertiary/aromatic N) is 3. The maximum absolute atomic E-state index is 12.5. The van der Waals surface area contributed by atoms with Gasteiger partial charge < -0.3 is 14.8 Å². The van der Waals surface area contributed by atoms with Gasteiger partial charge in [0, 0.05) is 24.2 Å². The van der Waals surface area contributed by atoms with E-state index in [4.69, 9.17) is 9.47 Å². The van der Waals surface area contributed by atoms with E-state index in [9.17, 15) is 4.79 Å². The van der Waals surface area contributed by atoms with E-state index in [-0.39, 0.29) is 5.91 Å². The van der Waals surface area contributed by atoms with E-state index >= 15 is 0 Å². The number of rotatable bonds is 6. The largest absolute Gasteiger partial charge is 0.493 e. The van der Waals surface area contributed by atoms with Gasteiger partial charge in [0.15, 0.2) is 11.5 Å². The van der Waals surface area contributed by atoms with Crippen LogP contribution < -0.4 is 14.8 Å². The number of methoxy groups -OCH3 is 2. The smallest absolute Gasteiger partial charge is 0.251 e. The van der Waals surface area contributed by atoms with Gasteiger partial charge in [-0.05, 0) is 31.2 Å². The molecule has 1 N–H and O–H groups in total. The molecule has 0 saturated carbocycles. The fourth-order valence-corrected chi connectivity index (χ4v) is 2.72. The van der Waals surface area contributed by atoms with Crippen LogP contribution in [0.25, 0.3) is 11.0 Å². The third-order valence-electron chi connectivity index (χ3n) is 4.00. The fraction of sp³-hybridized carbons (Fsp3) is 0.278. The normalized spacial score (nSPS) is 10.7. The minimum atomic E-state index is -0.183. The first kappa shape index (κ1) is 16.8. The molecule has 0 bridgehead atoms. The van der Waals surface area contributed by atoms with Crippen molar-refractivity contribution in [3.8, 4) is 11.5 Å². The number of ether oxygens (including phenoxy) is 2. The molecule has 7 heteroatoms. The molecule has 2 aromatic carbocycles. The number of carbonyl (C=O) groups is 1. The van der Waals surface area contributed by atoms with Crippen LogP contribution in [0.2, 0.25) is 0 Å². The average molecular weight is 340 g/mol. The van der Waals surface area contributed by atoms with Crippen molar-refractivity contribution >= 4 is 16.9 Å². The average Bonchev–Trinajstić information content (AvgIpc) is 3.07. The molecular formula is C18H20N4O3. The maximum atomic E-state index is 12.5. The van der Waals surface area contributed by atoms with Crippen molar-refractivity contribution in [2.45, 2.75) is 20.0 Å². The lowest BCUT2D eigenvalue weighted by Crippen LogP contribution is -2.23. The summed E-state index contributed by atoms with van der Waals surface area (Å²) in [5, 5.41) is 11.0. The summed E-state index contributed by atoms with van der Waals surface area (Å²) in [6.45, 7) is 3.06. The predicted molar refractivity (Wildman–Crippen MR) is 93.9 cm³/mol. The molecule has 0 spiro atoms. The Balaban J connectivity index is 1.77. The zero-order valence-electron chi connectivity index (χ0n) is 14.4. The second kappa shape index (κ2) is 7.21. The van der Waals surface area contributed by atoms with Crippen molar-refractivity contribution in [2.75, 3.05) is 14.2 Å². The van der Waals surface area contributed by atoms with Crippen LogP contribution in [0.1, 0.15) is 22.8 Å². The third-order valence-corrected chi connectivity index (χ3v) is 4.00. The molecule has 1 aromatic heterocycles. The molecule has 0 saturated heterocycles. The second-order valence-corrected chi connectivity index (χ2v) is 5.44. The van der Waals surface area contributed by atoms with E-state index in [2.05, 4.69) is 15.6 Å². The van der Waals surface area contributed by atoms with Crippen LogP contribution in [0.4, 0.5) is 0 Å².